The minimum absolute atomic E-state index is 0.0860. The summed E-state index contributed by atoms with van der Waals surface area (Å²) < 4.78 is 123. The van der Waals surface area contributed by atoms with Crippen molar-refractivity contribution >= 4 is 186 Å². The Bertz CT molecular complexity index is 6720. The zero-order valence-corrected chi connectivity index (χ0v) is 73.3. The quantitative estimate of drug-likeness (QED) is 0.0187. The molecule has 0 atom stereocenters. The standard InChI is InChI=1S/C24H25ClN4O2S.C23H21ClN4O3S.C21H23ClN4O3S.C21H19ClN4O2S/c1-29(2)23-8-3-7-19-18(23)6-4-9-24(19)32(30,31)28-14-5-13-26-21-12-15-27-22-16-17(25)10-11-20(21)22;24-17-7-9-20-21(11-14-26-22(20)15-17)25-12-4-13-28-32(29,30)19-8-10-23(27-16-19)31-18-5-2-1-3-6-18;1-26-11-12-29-21-14-16(4-6-20(21)26)30(27,28)25-9-2-8-23-18-7-10-24-19-13-15(22)3-5-17(18)19;22-16-7-8-17-18(9-13-24-19(17)14-16)23-11-3-12-26-29(27,28)20-6-1-4-15-5-2-10-25-21(15)20/h3-4,6-12,15-16,28H,5,13-14H2,1-2H3,(H,26,27);1-3,5-11,14-16,28H,4,12-13H2,(H,25,26);3-7,10,13-14,25H,2,8-9,11-12H2,1H3,(H,23,24);1-2,4-10,13-14,26H,3,11-12H2,(H,23,24). The summed E-state index contributed by atoms with van der Waals surface area (Å²) in [7, 11) is -8.67. The summed E-state index contributed by atoms with van der Waals surface area (Å²) >= 11 is 24.1. The highest BCUT2D eigenvalue weighted by atomic mass is 35.5. The van der Waals surface area contributed by atoms with Crippen molar-refractivity contribution in [3.63, 3.8) is 0 Å². The Morgan fingerprint density at radius 2 is 0.821 bits per heavy atom. The number of benzene rings is 9. The minimum atomic E-state index is -3.65. The van der Waals surface area contributed by atoms with E-state index in [-0.39, 0.29) is 21.2 Å². The summed E-state index contributed by atoms with van der Waals surface area (Å²) in [4.78, 5) is 30.4. The van der Waals surface area contributed by atoms with E-state index in [0.29, 0.717) is 131 Å². The number of sulfonamides is 4. The molecule has 1 aliphatic heterocycles. The van der Waals surface area contributed by atoms with Crippen molar-refractivity contribution in [2.45, 2.75) is 45.3 Å². The lowest BCUT2D eigenvalue weighted by atomic mass is 10.1. The molecule has 9 aromatic carbocycles. The van der Waals surface area contributed by atoms with Crippen molar-refractivity contribution in [1.29, 1.82) is 0 Å². The molecule has 8 N–H and O–H groups in total. The number of nitrogens with zero attached hydrogens (tertiary/aromatic N) is 8. The molecule has 0 saturated carbocycles. The van der Waals surface area contributed by atoms with Crippen molar-refractivity contribution in [3.05, 3.63) is 282 Å². The van der Waals surface area contributed by atoms with Gasteiger partial charge in [0.05, 0.1) is 55.8 Å². The van der Waals surface area contributed by atoms with Gasteiger partial charge in [-0.25, -0.2) is 57.5 Å². The smallest absolute Gasteiger partial charge is 0.242 e. The zero-order chi connectivity index (χ0) is 86.5. The first-order valence-electron chi connectivity index (χ1n) is 39.2. The third kappa shape index (κ3) is 23.7. The topological polar surface area (TPSA) is 335 Å². The summed E-state index contributed by atoms with van der Waals surface area (Å²) in [6.07, 6.45) is 12.2. The van der Waals surface area contributed by atoms with Gasteiger partial charge in [-0.2, -0.15) is 0 Å². The van der Waals surface area contributed by atoms with Crippen LogP contribution in [0, 0.1) is 0 Å². The number of aromatic nitrogens is 6. The van der Waals surface area contributed by atoms with Crippen LogP contribution in [0.1, 0.15) is 25.7 Å². The third-order valence-electron chi connectivity index (χ3n) is 19.5. The van der Waals surface area contributed by atoms with Crippen molar-refractivity contribution in [3.8, 4) is 17.4 Å². The molecule has 26 nitrogen and oxygen atoms in total. The number of anilines is 6. The van der Waals surface area contributed by atoms with Crippen molar-refractivity contribution in [2.75, 3.05) is 118 Å². The molecular weight excluding hydrogens is 1720 g/mol. The first-order valence-corrected chi connectivity index (χ1v) is 46.6. The van der Waals surface area contributed by atoms with E-state index < -0.39 is 40.1 Å². The Balaban J connectivity index is 0.000000141. The van der Waals surface area contributed by atoms with Gasteiger partial charge in [0.15, 0.2) is 0 Å². The second-order valence-corrected chi connectivity index (χ2v) is 37.0. The van der Waals surface area contributed by atoms with Gasteiger partial charge < -0.3 is 40.5 Å². The van der Waals surface area contributed by atoms with E-state index in [1.54, 1.807) is 97.7 Å². The lowest BCUT2D eigenvalue weighted by Crippen LogP contribution is -2.29. The minimum Gasteiger partial charge on any atom is -0.490 e. The fraction of sp³-hybridized carbons (Fsp3) is 0.191. The van der Waals surface area contributed by atoms with Gasteiger partial charge in [-0.1, -0.05) is 107 Å². The average molecular weight is 1810 g/mol. The number of halogens is 4. The second kappa shape index (κ2) is 41.7. The first-order chi connectivity index (χ1) is 59.4. The summed E-state index contributed by atoms with van der Waals surface area (Å²) in [6, 6.07) is 66.8. The number of hydrogen-bond acceptors (Lipinski definition) is 22. The van der Waals surface area contributed by atoms with Gasteiger partial charge in [0, 0.05) is 203 Å². The van der Waals surface area contributed by atoms with Crippen molar-refractivity contribution in [2.24, 2.45) is 0 Å². The van der Waals surface area contributed by atoms with E-state index >= 15 is 0 Å². The highest BCUT2D eigenvalue weighted by Gasteiger charge is 2.24. The molecular formula is C89H88Cl4N16O10S4. The molecule has 0 amide bonds. The molecule has 0 saturated heterocycles. The molecule has 0 unspecified atom stereocenters. The van der Waals surface area contributed by atoms with E-state index in [2.05, 4.69) is 70.1 Å². The summed E-state index contributed by atoms with van der Waals surface area (Å²) in [5.74, 6) is 1.55. The molecule has 0 spiro atoms. The van der Waals surface area contributed by atoms with Crippen LogP contribution in [0.5, 0.6) is 17.4 Å². The molecule has 0 bridgehead atoms. The molecule has 7 heterocycles. The number of ether oxygens (including phenoxy) is 2. The highest BCUT2D eigenvalue weighted by Crippen LogP contribution is 2.35. The fourth-order valence-electron chi connectivity index (χ4n) is 13.4. The normalized spacial score (nSPS) is 12.1. The van der Waals surface area contributed by atoms with Crippen molar-refractivity contribution < 1.29 is 43.1 Å². The maximum absolute atomic E-state index is 13.0. The van der Waals surface area contributed by atoms with Gasteiger partial charge in [-0.15, -0.1) is 0 Å². The Morgan fingerprint density at radius 3 is 1.30 bits per heavy atom. The molecule has 636 valence electrons. The third-order valence-corrected chi connectivity index (χ3v) is 26.4. The van der Waals surface area contributed by atoms with Crippen LogP contribution in [0.3, 0.4) is 0 Å². The number of nitrogens with one attached hydrogen (secondary N) is 8. The zero-order valence-electron chi connectivity index (χ0n) is 67.0. The lowest BCUT2D eigenvalue weighted by molar-refractivity contribution is 0.310. The number of rotatable bonds is 31. The Kier molecular flexibility index (Phi) is 30.3. The van der Waals surface area contributed by atoms with E-state index in [9.17, 15) is 33.7 Å². The highest BCUT2D eigenvalue weighted by molar-refractivity contribution is 7.90. The monoisotopic (exact) mass is 1810 g/mol. The van der Waals surface area contributed by atoms with E-state index in [4.69, 9.17) is 55.9 Å². The maximum atomic E-state index is 13.0. The van der Waals surface area contributed by atoms with Crippen LogP contribution in [-0.2, 0) is 40.1 Å². The summed E-state index contributed by atoms with van der Waals surface area (Å²) in [5, 5.41) is 22.2. The maximum Gasteiger partial charge on any atom is 0.242 e. The van der Waals surface area contributed by atoms with E-state index in [0.717, 1.165) is 95.1 Å². The van der Waals surface area contributed by atoms with Gasteiger partial charge in [0.25, 0.3) is 0 Å². The van der Waals surface area contributed by atoms with Gasteiger partial charge >= 0.3 is 0 Å². The van der Waals surface area contributed by atoms with Crippen LogP contribution in [0.15, 0.2) is 281 Å². The molecule has 0 aliphatic carbocycles. The molecule has 16 rings (SSSR count). The Hall–Kier alpha value is -11.4. The SMILES string of the molecule is CN(C)c1cccc2c(S(=O)(=O)NCCCNc3ccnc4cc(Cl)ccc34)cccc12.CN1CCOc2cc(S(=O)(=O)NCCCNc3ccnc4cc(Cl)ccc34)ccc21.O=S(=O)(NCCCNc1ccnc2cc(Cl)ccc12)c1ccc(Oc2ccccc2)nc1.O=S(=O)(NCCCNc1ccnc2cc(Cl)ccc12)c1cccc2cccnc12. The van der Waals surface area contributed by atoms with Crippen LogP contribution in [0.4, 0.5) is 34.1 Å². The number of hydrogen-bond donors (Lipinski definition) is 8. The van der Waals surface area contributed by atoms with Gasteiger partial charge in [0.1, 0.15) is 27.9 Å². The van der Waals surface area contributed by atoms with Crippen LogP contribution >= 0.6 is 46.4 Å². The Labute approximate surface area is 734 Å². The van der Waals surface area contributed by atoms with Gasteiger partial charge in [-0.3, -0.25) is 24.9 Å². The molecule has 1 aliphatic rings. The fourth-order valence-corrected chi connectivity index (χ4v) is 18.7. The predicted octanol–water partition coefficient (Wildman–Crippen LogP) is 17.5. The molecule has 15 aromatic rings. The average Bonchev–Trinajstić information content (AvgIpc) is 0.838. The van der Waals surface area contributed by atoms with Gasteiger partial charge in [-0.05, 0) is 177 Å². The largest absolute Gasteiger partial charge is 0.490 e. The molecule has 34 heteroatoms. The second-order valence-electron chi connectivity index (χ2n) is 28.3. The van der Waals surface area contributed by atoms with Crippen LogP contribution in [-0.4, -0.2) is 150 Å². The number of pyridine rings is 6. The van der Waals surface area contributed by atoms with Crippen molar-refractivity contribution in [1.82, 2.24) is 48.8 Å². The molecule has 0 fully saturated rings. The van der Waals surface area contributed by atoms with E-state index in [1.165, 1.54) is 18.3 Å². The molecule has 123 heavy (non-hydrogen) atoms. The number of fused-ring (bicyclic) bond motifs is 7. The first kappa shape index (κ1) is 89.4. The van der Waals surface area contributed by atoms with Gasteiger partial charge in [0.2, 0.25) is 46.0 Å². The Morgan fingerprint density at radius 1 is 0.390 bits per heavy atom. The van der Waals surface area contributed by atoms with Crippen LogP contribution in [0.2, 0.25) is 20.1 Å². The molecule has 6 aromatic heterocycles. The summed E-state index contributed by atoms with van der Waals surface area (Å²) in [5.41, 5.74) is 9.34. The van der Waals surface area contributed by atoms with E-state index in [1.807, 2.05) is 177 Å². The molecule has 0 radical (unpaired) electrons. The lowest BCUT2D eigenvalue weighted by Gasteiger charge is -2.27. The number of para-hydroxylation sites is 2. The van der Waals surface area contributed by atoms with Crippen LogP contribution in [0.25, 0.3) is 65.3 Å². The summed E-state index contributed by atoms with van der Waals surface area (Å²) in [6.45, 7) is 5.00. The van der Waals surface area contributed by atoms with Crippen LogP contribution < -0.4 is 59.4 Å². The number of likely N-dealkylation sites (N-methyl/N-ethyl adjacent to an activating group) is 1. The predicted molar refractivity (Wildman–Crippen MR) is 496 cm³/mol.